The SMILES string of the molecule is CC(O)(c1cscc1Br)C1CCCN1. The van der Waals surface area contributed by atoms with Gasteiger partial charge in [0.15, 0.2) is 0 Å². The summed E-state index contributed by atoms with van der Waals surface area (Å²) in [4.78, 5) is 0. The van der Waals surface area contributed by atoms with Gasteiger partial charge in [-0.05, 0) is 47.6 Å². The number of hydrogen-bond acceptors (Lipinski definition) is 3. The average Bonchev–Trinajstić information content (AvgIpc) is 2.72. The predicted molar refractivity (Wildman–Crippen MR) is 62.6 cm³/mol. The van der Waals surface area contributed by atoms with E-state index in [1.54, 1.807) is 11.3 Å². The highest BCUT2D eigenvalue weighted by molar-refractivity contribution is 9.10. The van der Waals surface area contributed by atoms with Gasteiger partial charge in [-0.2, -0.15) is 11.3 Å². The first kappa shape index (κ1) is 10.6. The number of nitrogens with one attached hydrogen (secondary N) is 1. The Kier molecular flexibility index (Phi) is 2.98. The van der Waals surface area contributed by atoms with Crippen LogP contribution >= 0.6 is 27.3 Å². The van der Waals surface area contributed by atoms with Crippen LogP contribution in [0, 0.1) is 0 Å². The lowest BCUT2D eigenvalue weighted by Crippen LogP contribution is -2.42. The Morgan fingerprint density at radius 2 is 2.43 bits per heavy atom. The molecule has 2 unspecified atom stereocenters. The predicted octanol–water partition coefficient (Wildman–Crippen LogP) is 2.47. The minimum absolute atomic E-state index is 0.188. The maximum absolute atomic E-state index is 10.5. The van der Waals surface area contributed by atoms with Gasteiger partial charge in [0.1, 0.15) is 5.60 Å². The smallest absolute Gasteiger partial charge is 0.104 e. The summed E-state index contributed by atoms with van der Waals surface area (Å²) in [6.45, 7) is 2.91. The molecule has 4 heteroatoms. The monoisotopic (exact) mass is 275 g/mol. The summed E-state index contributed by atoms with van der Waals surface area (Å²) in [5, 5.41) is 17.8. The summed E-state index contributed by atoms with van der Waals surface area (Å²) in [5.74, 6) is 0. The van der Waals surface area contributed by atoms with E-state index in [1.165, 1.54) is 0 Å². The molecule has 2 N–H and O–H groups in total. The van der Waals surface area contributed by atoms with Crippen molar-refractivity contribution in [3.63, 3.8) is 0 Å². The van der Waals surface area contributed by atoms with Crippen molar-refractivity contribution in [2.45, 2.75) is 31.4 Å². The second-order valence-corrected chi connectivity index (χ2v) is 5.53. The maximum atomic E-state index is 10.5. The van der Waals surface area contributed by atoms with E-state index < -0.39 is 5.60 Å². The molecule has 2 heterocycles. The van der Waals surface area contributed by atoms with Crippen molar-refractivity contribution in [3.05, 3.63) is 20.8 Å². The van der Waals surface area contributed by atoms with Gasteiger partial charge in [0.05, 0.1) is 0 Å². The quantitative estimate of drug-likeness (QED) is 0.869. The van der Waals surface area contributed by atoms with Gasteiger partial charge in [0, 0.05) is 21.5 Å². The molecule has 0 aromatic carbocycles. The number of halogens is 1. The Balaban J connectivity index is 2.26. The summed E-state index contributed by atoms with van der Waals surface area (Å²) in [7, 11) is 0. The molecule has 0 bridgehead atoms. The summed E-state index contributed by atoms with van der Waals surface area (Å²) in [6, 6.07) is 0.188. The van der Waals surface area contributed by atoms with Crippen molar-refractivity contribution in [3.8, 4) is 0 Å². The summed E-state index contributed by atoms with van der Waals surface area (Å²) >= 11 is 5.09. The molecular weight excluding hydrogens is 262 g/mol. The van der Waals surface area contributed by atoms with Crippen LogP contribution in [0.2, 0.25) is 0 Å². The van der Waals surface area contributed by atoms with Crippen LogP contribution in [0.5, 0.6) is 0 Å². The molecule has 1 aromatic heterocycles. The Bertz CT molecular complexity index is 318. The Morgan fingerprint density at radius 3 is 2.93 bits per heavy atom. The van der Waals surface area contributed by atoms with Crippen molar-refractivity contribution in [1.82, 2.24) is 5.32 Å². The lowest BCUT2D eigenvalue weighted by Gasteiger charge is -2.30. The van der Waals surface area contributed by atoms with Crippen LogP contribution in [0.15, 0.2) is 15.2 Å². The van der Waals surface area contributed by atoms with E-state index >= 15 is 0 Å². The van der Waals surface area contributed by atoms with Gasteiger partial charge >= 0.3 is 0 Å². The lowest BCUT2D eigenvalue weighted by molar-refractivity contribution is 0.0216. The average molecular weight is 276 g/mol. The van der Waals surface area contributed by atoms with Gasteiger partial charge < -0.3 is 10.4 Å². The molecule has 1 aromatic rings. The molecule has 2 nitrogen and oxygen atoms in total. The Hall–Kier alpha value is 0.1000. The van der Waals surface area contributed by atoms with E-state index in [9.17, 15) is 5.11 Å². The van der Waals surface area contributed by atoms with E-state index in [0.717, 1.165) is 29.4 Å². The van der Waals surface area contributed by atoms with Gasteiger partial charge in [-0.1, -0.05) is 0 Å². The summed E-state index contributed by atoms with van der Waals surface area (Å²) in [5.41, 5.74) is 0.247. The number of rotatable bonds is 2. The molecule has 1 fully saturated rings. The minimum Gasteiger partial charge on any atom is -0.384 e. The number of thiophene rings is 1. The van der Waals surface area contributed by atoms with Gasteiger partial charge in [-0.15, -0.1) is 0 Å². The molecule has 1 aliphatic heterocycles. The van der Waals surface area contributed by atoms with Gasteiger partial charge in [-0.3, -0.25) is 0 Å². The highest BCUT2D eigenvalue weighted by Crippen LogP contribution is 2.36. The van der Waals surface area contributed by atoms with E-state index in [4.69, 9.17) is 0 Å². The first-order valence-corrected chi connectivity index (χ1v) is 6.54. The third kappa shape index (κ3) is 1.76. The largest absolute Gasteiger partial charge is 0.384 e. The highest BCUT2D eigenvalue weighted by Gasteiger charge is 2.37. The van der Waals surface area contributed by atoms with Gasteiger partial charge in [-0.25, -0.2) is 0 Å². The number of aliphatic hydroxyl groups is 1. The number of hydrogen-bond donors (Lipinski definition) is 2. The molecule has 0 amide bonds. The fraction of sp³-hybridized carbons (Fsp3) is 0.600. The highest BCUT2D eigenvalue weighted by atomic mass is 79.9. The Labute approximate surface area is 96.5 Å². The molecule has 0 spiro atoms. The zero-order valence-corrected chi connectivity index (χ0v) is 10.5. The minimum atomic E-state index is -0.755. The molecule has 0 aliphatic carbocycles. The fourth-order valence-corrected chi connectivity index (χ4v) is 3.80. The van der Waals surface area contributed by atoms with E-state index in [2.05, 4.69) is 21.2 Å². The van der Waals surface area contributed by atoms with Crippen molar-refractivity contribution >= 4 is 27.3 Å². The second kappa shape index (κ2) is 3.93. The zero-order valence-electron chi connectivity index (χ0n) is 8.09. The molecule has 14 heavy (non-hydrogen) atoms. The van der Waals surface area contributed by atoms with Crippen molar-refractivity contribution in [2.24, 2.45) is 0 Å². The van der Waals surface area contributed by atoms with Gasteiger partial charge in [0.25, 0.3) is 0 Å². The third-order valence-corrected chi connectivity index (χ3v) is 4.60. The first-order valence-electron chi connectivity index (χ1n) is 4.80. The Morgan fingerprint density at radius 1 is 1.64 bits per heavy atom. The van der Waals surface area contributed by atoms with E-state index in [0.29, 0.717) is 0 Å². The van der Waals surface area contributed by atoms with Crippen LogP contribution < -0.4 is 5.32 Å². The van der Waals surface area contributed by atoms with Crippen LogP contribution in [-0.2, 0) is 5.60 Å². The van der Waals surface area contributed by atoms with Crippen LogP contribution in [0.3, 0.4) is 0 Å². The lowest BCUT2D eigenvalue weighted by atomic mass is 9.89. The summed E-state index contributed by atoms with van der Waals surface area (Å²) in [6.07, 6.45) is 2.21. The van der Waals surface area contributed by atoms with Crippen LogP contribution in [0.25, 0.3) is 0 Å². The normalized spacial score (nSPS) is 26.4. The van der Waals surface area contributed by atoms with Crippen molar-refractivity contribution in [1.29, 1.82) is 0 Å². The first-order chi connectivity index (χ1) is 6.62. The fourth-order valence-electron chi connectivity index (χ4n) is 1.99. The van der Waals surface area contributed by atoms with E-state index in [1.807, 2.05) is 17.7 Å². The molecule has 1 saturated heterocycles. The molecule has 0 saturated carbocycles. The molecule has 2 atom stereocenters. The third-order valence-electron chi connectivity index (χ3n) is 2.90. The van der Waals surface area contributed by atoms with Crippen LogP contribution in [0.1, 0.15) is 25.3 Å². The van der Waals surface area contributed by atoms with Crippen molar-refractivity contribution < 1.29 is 5.11 Å². The topological polar surface area (TPSA) is 32.3 Å². The van der Waals surface area contributed by atoms with Gasteiger partial charge in [0.2, 0.25) is 0 Å². The molecule has 1 aliphatic rings. The summed E-state index contributed by atoms with van der Waals surface area (Å²) < 4.78 is 1.02. The second-order valence-electron chi connectivity index (χ2n) is 3.93. The zero-order chi connectivity index (χ0) is 10.2. The molecule has 2 rings (SSSR count). The standard InChI is InChI=1S/C10H14BrNOS/c1-10(13,9-3-2-4-12-9)7-5-14-6-8(7)11/h5-6,9,12-13H,2-4H2,1H3. The van der Waals surface area contributed by atoms with E-state index in [-0.39, 0.29) is 6.04 Å². The molecule has 78 valence electrons. The maximum Gasteiger partial charge on any atom is 0.104 e. The molecule has 0 radical (unpaired) electrons. The molecular formula is C10H14BrNOS. The van der Waals surface area contributed by atoms with Crippen LogP contribution in [0.4, 0.5) is 0 Å². The van der Waals surface area contributed by atoms with Crippen LogP contribution in [-0.4, -0.2) is 17.7 Å². The van der Waals surface area contributed by atoms with Crippen molar-refractivity contribution in [2.75, 3.05) is 6.54 Å².